The fourth-order valence-corrected chi connectivity index (χ4v) is 1.99. The average molecular weight is 308 g/mol. The van der Waals surface area contributed by atoms with Crippen molar-refractivity contribution in [2.24, 2.45) is 5.73 Å². The minimum atomic E-state index is -0.526. The van der Waals surface area contributed by atoms with Crippen LogP contribution in [0.15, 0.2) is 22.7 Å². The lowest BCUT2D eigenvalue weighted by atomic mass is 10.1. The molecule has 0 aliphatic heterocycles. The van der Waals surface area contributed by atoms with Crippen molar-refractivity contribution in [2.45, 2.75) is 13.0 Å². The molecule has 1 unspecified atom stereocenters. The van der Waals surface area contributed by atoms with Gasteiger partial charge in [0.25, 0.3) is 0 Å². The number of amides is 1. The number of rotatable bonds is 5. The van der Waals surface area contributed by atoms with Crippen LogP contribution in [0.25, 0.3) is 0 Å². The van der Waals surface area contributed by atoms with Gasteiger partial charge < -0.3 is 5.73 Å². The predicted molar refractivity (Wildman–Crippen MR) is 65.8 cm³/mol. The number of hydrogen-bond donors (Lipinski definition) is 2. The number of hydroxylamine groups is 1. The molecule has 0 heterocycles. The summed E-state index contributed by atoms with van der Waals surface area (Å²) in [7, 11) is 0. The van der Waals surface area contributed by atoms with E-state index in [1.165, 1.54) is 0 Å². The van der Waals surface area contributed by atoms with Gasteiger partial charge in [-0.15, -0.1) is 0 Å². The van der Waals surface area contributed by atoms with Gasteiger partial charge in [-0.2, -0.15) is 5.48 Å². The topological polar surface area (TPSA) is 64.3 Å². The molecule has 16 heavy (non-hydrogen) atoms. The van der Waals surface area contributed by atoms with Crippen LogP contribution in [-0.2, 0) is 9.63 Å². The van der Waals surface area contributed by atoms with Crippen molar-refractivity contribution in [1.29, 1.82) is 0 Å². The van der Waals surface area contributed by atoms with E-state index in [4.69, 9.17) is 22.2 Å². The van der Waals surface area contributed by atoms with E-state index in [9.17, 15) is 4.79 Å². The average Bonchev–Trinajstić information content (AvgIpc) is 2.16. The van der Waals surface area contributed by atoms with Gasteiger partial charge >= 0.3 is 0 Å². The Kier molecular flexibility index (Phi) is 5.21. The van der Waals surface area contributed by atoms with Crippen LogP contribution in [0, 0.1) is 0 Å². The van der Waals surface area contributed by atoms with E-state index < -0.39 is 5.91 Å². The van der Waals surface area contributed by atoms with Crippen molar-refractivity contribution in [3.8, 4) is 0 Å². The molecule has 0 aliphatic carbocycles. The number of hydrogen-bond acceptors (Lipinski definition) is 3. The zero-order chi connectivity index (χ0) is 12.1. The number of carbonyl (C=O) groups is 1. The van der Waals surface area contributed by atoms with E-state index >= 15 is 0 Å². The molecule has 1 aromatic rings. The molecular formula is C10H12BrClN2O2. The van der Waals surface area contributed by atoms with Gasteiger partial charge in [0.05, 0.1) is 6.04 Å². The Morgan fingerprint density at radius 3 is 2.94 bits per heavy atom. The van der Waals surface area contributed by atoms with E-state index in [1.807, 2.05) is 19.1 Å². The number of primary amides is 1. The summed E-state index contributed by atoms with van der Waals surface area (Å²) in [5.41, 5.74) is 8.50. The molecule has 1 atom stereocenters. The first kappa shape index (κ1) is 13.4. The maximum atomic E-state index is 10.5. The molecule has 0 saturated heterocycles. The van der Waals surface area contributed by atoms with Crippen LogP contribution in [0.4, 0.5) is 0 Å². The Labute approximate surface area is 107 Å². The highest BCUT2D eigenvalue weighted by Gasteiger charge is 2.10. The van der Waals surface area contributed by atoms with Crippen LogP contribution < -0.4 is 11.2 Å². The highest BCUT2D eigenvalue weighted by molar-refractivity contribution is 9.10. The number of carbonyl (C=O) groups excluding carboxylic acids is 1. The molecule has 0 aromatic heterocycles. The lowest BCUT2D eigenvalue weighted by molar-refractivity contribution is -0.126. The van der Waals surface area contributed by atoms with Crippen molar-refractivity contribution in [2.75, 3.05) is 6.61 Å². The van der Waals surface area contributed by atoms with Crippen molar-refractivity contribution >= 4 is 33.4 Å². The highest BCUT2D eigenvalue weighted by atomic mass is 79.9. The molecule has 3 N–H and O–H groups in total. The van der Waals surface area contributed by atoms with E-state index in [0.717, 1.165) is 10.0 Å². The normalized spacial score (nSPS) is 12.4. The van der Waals surface area contributed by atoms with Gasteiger partial charge in [0.2, 0.25) is 5.91 Å². The summed E-state index contributed by atoms with van der Waals surface area (Å²) < 4.78 is 0.909. The van der Waals surface area contributed by atoms with Crippen LogP contribution in [0.2, 0.25) is 5.02 Å². The second kappa shape index (κ2) is 6.20. The fourth-order valence-electron chi connectivity index (χ4n) is 1.15. The summed E-state index contributed by atoms with van der Waals surface area (Å²) in [5.74, 6) is -0.526. The van der Waals surface area contributed by atoms with Gasteiger partial charge in [-0.3, -0.25) is 9.63 Å². The molecule has 1 amide bonds. The van der Waals surface area contributed by atoms with Gasteiger partial charge in [0, 0.05) is 9.50 Å². The summed E-state index contributed by atoms with van der Waals surface area (Å²) >= 11 is 9.37. The molecule has 0 bridgehead atoms. The van der Waals surface area contributed by atoms with Gasteiger partial charge in [-0.25, -0.2) is 0 Å². The third-order valence-electron chi connectivity index (χ3n) is 1.90. The van der Waals surface area contributed by atoms with Crippen molar-refractivity contribution in [1.82, 2.24) is 5.48 Å². The first-order valence-corrected chi connectivity index (χ1v) is 5.78. The minimum absolute atomic E-state index is 0.125. The molecule has 4 nitrogen and oxygen atoms in total. The largest absolute Gasteiger partial charge is 0.368 e. The first-order chi connectivity index (χ1) is 7.50. The summed E-state index contributed by atoms with van der Waals surface area (Å²) in [6.07, 6.45) is 0. The second-order valence-corrected chi connectivity index (χ2v) is 4.58. The molecule has 0 aliphatic rings. The molecule has 1 aromatic carbocycles. The zero-order valence-corrected chi connectivity index (χ0v) is 11.0. The summed E-state index contributed by atoms with van der Waals surface area (Å²) in [6, 6.07) is 5.42. The first-order valence-electron chi connectivity index (χ1n) is 4.61. The number of halogens is 2. The zero-order valence-electron chi connectivity index (χ0n) is 8.67. The minimum Gasteiger partial charge on any atom is -0.368 e. The lowest BCUT2D eigenvalue weighted by Crippen LogP contribution is -2.26. The molecular weight excluding hydrogens is 295 g/mol. The number of nitrogens with one attached hydrogen (secondary N) is 1. The Balaban J connectivity index is 2.58. The Morgan fingerprint density at radius 1 is 1.69 bits per heavy atom. The van der Waals surface area contributed by atoms with E-state index in [0.29, 0.717) is 5.02 Å². The maximum absolute atomic E-state index is 10.5. The second-order valence-electron chi connectivity index (χ2n) is 3.26. The van der Waals surface area contributed by atoms with Gasteiger partial charge in [0.15, 0.2) is 0 Å². The molecule has 0 spiro atoms. The summed E-state index contributed by atoms with van der Waals surface area (Å²) in [5, 5.41) is 0.622. The molecule has 88 valence electrons. The van der Waals surface area contributed by atoms with Crippen LogP contribution in [0.5, 0.6) is 0 Å². The third kappa shape index (κ3) is 4.09. The van der Waals surface area contributed by atoms with Crippen molar-refractivity contribution < 1.29 is 9.63 Å². The van der Waals surface area contributed by atoms with Crippen molar-refractivity contribution in [3.05, 3.63) is 33.3 Å². The van der Waals surface area contributed by atoms with Crippen LogP contribution >= 0.6 is 27.5 Å². The Morgan fingerprint density at radius 2 is 2.38 bits per heavy atom. The molecule has 0 fully saturated rings. The molecule has 0 saturated carbocycles. The number of nitrogens with two attached hydrogens (primary N) is 1. The third-order valence-corrected chi connectivity index (χ3v) is 2.72. The SMILES string of the molecule is CC(NOCC(N)=O)c1ccc(Br)cc1Cl. The van der Waals surface area contributed by atoms with E-state index in [2.05, 4.69) is 21.4 Å². The van der Waals surface area contributed by atoms with Crippen molar-refractivity contribution in [3.63, 3.8) is 0 Å². The molecule has 1 rings (SSSR count). The quantitative estimate of drug-likeness (QED) is 0.819. The summed E-state index contributed by atoms with van der Waals surface area (Å²) in [4.78, 5) is 15.4. The monoisotopic (exact) mass is 306 g/mol. The highest BCUT2D eigenvalue weighted by Crippen LogP contribution is 2.26. The fraction of sp³-hybridized carbons (Fsp3) is 0.300. The van der Waals surface area contributed by atoms with Gasteiger partial charge in [-0.1, -0.05) is 33.6 Å². The van der Waals surface area contributed by atoms with Crippen LogP contribution in [0.1, 0.15) is 18.5 Å². The summed E-state index contributed by atoms with van der Waals surface area (Å²) in [6.45, 7) is 1.70. The smallest absolute Gasteiger partial charge is 0.245 e. The van der Waals surface area contributed by atoms with E-state index in [1.54, 1.807) is 6.07 Å². The Bertz CT molecular complexity index is 387. The Hall–Kier alpha value is -0.620. The molecule has 0 radical (unpaired) electrons. The number of benzene rings is 1. The van der Waals surface area contributed by atoms with Crippen LogP contribution in [0.3, 0.4) is 0 Å². The predicted octanol–water partition coefficient (Wildman–Crippen LogP) is 2.17. The standard InChI is InChI=1S/C10H12BrClN2O2/c1-6(14-16-5-10(13)15)8-3-2-7(11)4-9(8)12/h2-4,6,14H,5H2,1H3,(H2,13,15). The van der Waals surface area contributed by atoms with Gasteiger partial charge in [-0.05, 0) is 24.6 Å². The van der Waals surface area contributed by atoms with Gasteiger partial charge in [0.1, 0.15) is 6.61 Å². The molecule has 6 heteroatoms. The van der Waals surface area contributed by atoms with E-state index in [-0.39, 0.29) is 12.6 Å². The van der Waals surface area contributed by atoms with Crippen LogP contribution in [-0.4, -0.2) is 12.5 Å². The lowest BCUT2D eigenvalue weighted by Gasteiger charge is -2.15. The maximum Gasteiger partial charge on any atom is 0.245 e.